The molecule has 9 heteroatoms. The van der Waals surface area contributed by atoms with Gasteiger partial charge in [-0.2, -0.15) is 0 Å². The first kappa shape index (κ1) is 18.4. The van der Waals surface area contributed by atoms with Gasteiger partial charge in [-0.15, -0.1) is 0 Å². The van der Waals surface area contributed by atoms with Gasteiger partial charge in [0, 0.05) is 12.4 Å². The number of amides is 2. The zero-order chi connectivity index (χ0) is 21.2. The highest BCUT2D eigenvalue weighted by molar-refractivity contribution is 6.13. The number of aromatic nitrogens is 5. The molecular weight excluding hydrogens is 394 g/mol. The fraction of sp³-hybridized carbons (Fsp3) is 0. The molecule has 5 rings (SSSR count). The Morgan fingerprint density at radius 3 is 2.48 bits per heavy atom. The number of hydrogen-bond acceptors (Lipinski definition) is 4. The van der Waals surface area contributed by atoms with E-state index in [9.17, 15) is 9.59 Å². The van der Waals surface area contributed by atoms with E-state index < -0.39 is 11.8 Å². The molecule has 152 valence electrons. The Hall–Kier alpha value is -4.66. The highest BCUT2D eigenvalue weighted by Crippen LogP contribution is 2.21. The maximum absolute atomic E-state index is 12.9. The van der Waals surface area contributed by atoms with Gasteiger partial charge in [-0.25, -0.2) is 9.97 Å². The van der Waals surface area contributed by atoms with Crippen molar-refractivity contribution in [3.05, 3.63) is 90.8 Å². The molecule has 3 heterocycles. The van der Waals surface area contributed by atoms with Crippen LogP contribution < -0.4 is 10.6 Å². The van der Waals surface area contributed by atoms with Gasteiger partial charge in [-0.05, 0) is 36.4 Å². The number of imidazole rings is 2. The normalized spacial score (nSPS) is 10.8. The molecule has 0 atom stereocenters. The molecule has 5 aromatic rings. The van der Waals surface area contributed by atoms with E-state index in [0.29, 0.717) is 5.69 Å². The molecule has 3 aromatic heterocycles. The predicted molar refractivity (Wildman–Crippen MR) is 116 cm³/mol. The van der Waals surface area contributed by atoms with Gasteiger partial charge in [0.2, 0.25) is 5.95 Å². The third-order valence-electron chi connectivity index (χ3n) is 4.74. The van der Waals surface area contributed by atoms with E-state index in [1.807, 2.05) is 71.6 Å². The molecule has 0 saturated carbocycles. The van der Waals surface area contributed by atoms with Crippen molar-refractivity contribution < 1.29 is 9.59 Å². The van der Waals surface area contributed by atoms with E-state index in [2.05, 4.69) is 30.6 Å². The molecular formula is C22H17N7O2. The average molecular weight is 411 g/mol. The Balaban J connectivity index is 1.38. The van der Waals surface area contributed by atoms with Crippen molar-refractivity contribution >= 4 is 34.5 Å². The number of rotatable bonds is 5. The van der Waals surface area contributed by atoms with Crippen LogP contribution in [0.25, 0.3) is 16.7 Å². The number of aromatic amines is 2. The van der Waals surface area contributed by atoms with Gasteiger partial charge < -0.3 is 19.9 Å². The van der Waals surface area contributed by atoms with Crippen LogP contribution >= 0.6 is 0 Å². The van der Waals surface area contributed by atoms with E-state index in [1.54, 1.807) is 6.07 Å². The molecule has 2 aromatic carbocycles. The van der Waals surface area contributed by atoms with Crippen LogP contribution in [0.5, 0.6) is 0 Å². The number of benzene rings is 2. The SMILES string of the molecule is O=C(Nc1ccccc1-n1cccc1)c1nc[nH]c1C(=O)Nc1nc2ccccc2[nH]1. The lowest BCUT2D eigenvalue weighted by Crippen LogP contribution is -2.21. The summed E-state index contributed by atoms with van der Waals surface area (Å²) in [4.78, 5) is 39.8. The monoisotopic (exact) mass is 411 g/mol. The quantitative estimate of drug-likeness (QED) is 0.353. The van der Waals surface area contributed by atoms with E-state index in [-0.39, 0.29) is 17.3 Å². The number of para-hydroxylation sites is 4. The fourth-order valence-electron chi connectivity index (χ4n) is 3.30. The molecule has 0 aliphatic carbocycles. The van der Waals surface area contributed by atoms with Crippen LogP contribution in [-0.2, 0) is 0 Å². The molecule has 0 aliphatic heterocycles. The van der Waals surface area contributed by atoms with Crippen LogP contribution in [-0.4, -0.2) is 36.3 Å². The number of fused-ring (bicyclic) bond motifs is 1. The van der Waals surface area contributed by atoms with E-state index >= 15 is 0 Å². The second-order valence-corrected chi connectivity index (χ2v) is 6.74. The van der Waals surface area contributed by atoms with Crippen molar-refractivity contribution in [2.75, 3.05) is 10.6 Å². The lowest BCUT2D eigenvalue weighted by molar-refractivity contribution is 0.0985. The van der Waals surface area contributed by atoms with Gasteiger partial charge in [0.05, 0.1) is 28.7 Å². The largest absolute Gasteiger partial charge is 0.340 e. The number of carbonyl (C=O) groups excluding carboxylic acids is 2. The maximum atomic E-state index is 12.9. The zero-order valence-corrected chi connectivity index (χ0v) is 16.2. The summed E-state index contributed by atoms with van der Waals surface area (Å²) in [6.45, 7) is 0. The minimum atomic E-state index is -0.527. The first-order valence-electron chi connectivity index (χ1n) is 9.52. The summed E-state index contributed by atoms with van der Waals surface area (Å²) < 4.78 is 1.88. The second kappa shape index (κ2) is 7.64. The minimum Gasteiger partial charge on any atom is -0.340 e. The highest BCUT2D eigenvalue weighted by atomic mass is 16.2. The molecule has 0 aliphatic rings. The Morgan fingerprint density at radius 2 is 1.65 bits per heavy atom. The number of carbonyl (C=O) groups is 2. The van der Waals surface area contributed by atoms with Gasteiger partial charge in [-0.3, -0.25) is 14.9 Å². The molecule has 0 bridgehead atoms. The van der Waals surface area contributed by atoms with Gasteiger partial charge in [-0.1, -0.05) is 24.3 Å². The standard InChI is InChI=1S/C22H17N7O2/c30-20(25-16-9-3-4-10-17(16)29-11-5-6-12-29)18-19(24-13-23-18)21(31)28-22-26-14-7-1-2-8-15(14)27-22/h1-13H,(H,23,24)(H,25,30)(H2,26,27,28,31). The van der Waals surface area contributed by atoms with Crippen LogP contribution in [0, 0.1) is 0 Å². The van der Waals surface area contributed by atoms with E-state index in [0.717, 1.165) is 16.7 Å². The van der Waals surface area contributed by atoms with Crippen molar-refractivity contribution in [3.8, 4) is 5.69 Å². The fourth-order valence-corrected chi connectivity index (χ4v) is 3.30. The molecule has 9 nitrogen and oxygen atoms in total. The van der Waals surface area contributed by atoms with Crippen LogP contribution in [0.3, 0.4) is 0 Å². The van der Waals surface area contributed by atoms with Gasteiger partial charge in [0.15, 0.2) is 5.69 Å². The summed E-state index contributed by atoms with van der Waals surface area (Å²) in [6.07, 6.45) is 5.07. The summed E-state index contributed by atoms with van der Waals surface area (Å²) in [7, 11) is 0. The van der Waals surface area contributed by atoms with Crippen molar-refractivity contribution in [1.29, 1.82) is 0 Å². The number of nitrogens with one attached hydrogen (secondary N) is 4. The summed E-state index contributed by atoms with van der Waals surface area (Å²) >= 11 is 0. The van der Waals surface area contributed by atoms with Crippen LogP contribution in [0.4, 0.5) is 11.6 Å². The van der Waals surface area contributed by atoms with Gasteiger partial charge in [0.25, 0.3) is 11.8 Å². The third kappa shape index (κ3) is 3.55. The summed E-state index contributed by atoms with van der Waals surface area (Å²) in [5.41, 5.74) is 2.93. The molecule has 0 radical (unpaired) electrons. The molecule has 0 saturated heterocycles. The maximum Gasteiger partial charge on any atom is 0.276 e. The predicted octanol–water partition coefficient (Wildman–Crippen LogP) is 3.58. The number of nitrogens with zero attached hydrogens (tertiary/aromatic N) is 3. The van der Waals surface area contributed by atoms with Gasteiger partial charge in [0.1, 0.15) is 5.69 Å². The van der Waals surface area contributed by atoms with Crippen LogP contribution in [0.1, 0.15) is 21.0 Å². The Morgan fingerprint density at radius 1 is 0.871 bits per heavy atom. The second-order valence-electron chi connectivity index (χ2n) is 6.74. The molecule has 0 spiro atoms. The summed E-state index contributed by atoms with van der Waals surface area (Å²) in [5.74, 6) is -0.749. The first-order chi connectivity index (χ1) is 15.2. The number of hydrogen-bond donors (Lipinski definition) is 4. The topological polar surface area (TPSA) is 120 Å². The van der Waals surface area contributed by atoms with Crippen LogP contribution in [0.2, 0.25) is 0 Å². The highest BCUT2D eigenvalue weighted by Gasteiger charge is 2.22. The van der Waals surface area contributed by atoms with Crippen LogP contribution in [0.15, 0.2) is 79.4 Å². The van der Waals surface area contributed by atoms with Crippen molar-refractivity contribution in [2.45, 2.75) is 0 Å². The van der Waals surface area contributed by atoms with Crippen molar-refractivity contribution in [3.63, 3.8) is 0 Å². The number of anilines is 2. The Kier molecular flexibility index (Phi) is 4.53. The van der Waals surface area contributed by atoms with Gasteiger partial charge >= 0.3 is 0 Å². The van der Waals surface area contributed by atoms with E-state index in [4.69, 9.17) is 0 Å². The molecule has 0 unspecified atom stereocenters. The lowest BCUT2D eigenvalue weighted by Gasteiger charge is -2.11. The molecule has 0 fully saturated rings. The summed E-state index contributed by atoms with van der Waals surface area (Å²) in [6, 6.07) is 18.6. The molecule has 2 amide bonds. The lowest BCUT2D eigenvalue weighted by atomic mass is 10.2. The third-order valence-corrected chi connectivity index (χ3v) is 4.74. The van der Waals surface area contributed by atoms with Crippen molar-refractivity contribution in [2.24, 2.45) is 0 Å². The summed E-state index contributed by atoms with van der Waals surface area (Å²) in [5, 5.41) is 5.50. The van der Waals surface area contributed by atoms with E-state index in [1.165, 1.54) is 6.33 Å². The minimum absolute atomic E-state index is 0.0177. The molecule has 31 heavy (non-hydrogen) atoms. The zero-order valence-electron chi connectivity index (χ0n) is 16.2. The molecule has 4 N–H and O–H groups in total. The van der Waals surface area contributed by atoms with Crippen molar-refractivity contribution in [1.82, 2.24) is 24.5 Å². The smallest absolute Gasteiger partial charge is 0.276 e. The Bertz CT molecular complexity index is 1350. The Labute approximate surface area is 176 Å². The first-order valence-corrected chi connectivity index (χ1v) is 9.52. The number of H-pyrrole nitrogens is 2. The average Bonchev–Trinajstić information content (AvgIpc) is 3.53.